The smallest absolute Gasteiger partial charge is 0.335 e. The zero-order valence-corrected chi connectivity index (χ0v) is 32.1. The molecule has 1 N–H and O–H groups in total. The van der Waals surface area contributed by atoms with Gasteiger partial charge in [0, 0.05) is 19.5 Å². The van der Waals surface area contributed by atoms with E-state index in [1.165, 1.54) is 33.4 Å². The summed E-state index contributed by atoms with van der Waals surface area (Å²) >= 11 is 4.49. The number of fused-ring (bicyclic) bond motifs is 1. The van der Waals surface area contributed by atoms with Gasteiger partial charge in [0.2, 0.25) is 0 Å². The normalized spacial score (nSPS) is 11.3. The number of rotatable bonds is 9. The number of thiophene rings is 2. The molecule has 0 aliphatic rings. The standard InChI is InChI=1S/C44H34N2O4S3/c1-24-11-13-26(3)32(21-24)34-17-19-36(51-34)38-40-41(46-53-45-40)39(37-20-18-35(52-37)33-22-25(2)12-14-27(33)4)43(42(38)49-29-9-7-6-8-10-29)50-30-15-16-31(44(47)48)28(5)23-30/h6-23H,1-5H3,(H,47,48). The molecule has 0 aliphatic carbocycles. The Morgan fingerprint density at radius 3 is 1.57 bits per heavy atom. The Bertz CT molecular complexity index is 2670. The first-order valence-electron chi connectivity index (χ1n) is 17.1. The van der Waals surface area contributed by atoms with E-state index in [1.54, 1.807) is 47.8 Å². The van der Waals surface area contributed by atoms with Gasteiger partial charge < -0.3 is 14.6 Å². The molecule has 0 aliphatic heterocycles. The van der Waals surface area contributed by atoms with E-state index in [9.17, 15) is 9.90 Å². The van der Waals surface area contributed by atoms with Crippen molar-refractivity contribution in [1.29, 1.82) is 0 Å². The average molecular weight is 751 g/mol. The molecule has 3 aromatic heterocycles. The lowest BCUT2D eigenvalue weighted by molar-refractivity contribution is 0.0696. The highest BCUT2D eigenvalue weighted by Crippen LogP contribution is 2.56. The quantitative estimate of drug-likeness (QED) is 0.158. The Labute approximate surface area is 319 Å². The molecule has 53 heavy (non-hydrogen) atoms. The third kappa shape index (κ3) is 6.63. The second-order valence-electron chi connectivity index (χ2n) is 13.1. The van der Waals surface area contributed by atoms with Crippen molar-refractivity contribution in [3.63, 3.8) is 0 Å². The van der Waals surface area contributed by atoms with E-state index in [-0.39, 0.29) is 5.56 Å². The molecule has 8 rings (SSSR count). The van der Waals surface area contributed by atoms with Crippen LogP contribution in [0, 0.1) is 34.6 Å². The van der Waals surface area contributed by atoms with E-state index >= 15 is 0 Å². The molecule has 5 aromatic carbocycles. The van der Waals surface area contributed by atoms with Gasteiger partial charge in [-0.25, -0.2) is 4.79 Å². The fourth-order valence-corrected chi connectivity index (χ4v) is 9.33. The first-order chi connectivity index (χ1) is 25.6. The van der Waals surface area contributed by atoms with E-state index in [0.29, 0.717) is 34.1 Å². The molecule has 0 saturated heterocycles. The number of benzene rings is 5. The second-order valence-corrected chi connectivity index (χ2v) is 15.8. The molecule has 0 atom stereocenters. The largest absolute Gasteiger partial charge is 0.478 e. The van der Waals surface area contributed by atoms with Crippen molar-refractivity contribution in [3.8, 4) is 64.8 Å². The summed E-state index contributed by atoms with van der Waals surface area (Å²) in [6.07, 6.45) is 0. The van der Waals surface area contributed by atoms with Crippen LogP contribution in [0.1, 0.15) is 38.2 Å². The molecule has 0 radical (unpaired) electrons. The van der Waals surface area contributed by atoms with E-state index in [1.807, 2.05) is 30.3 Å². The molecule has 262 valence electrons. The first kappa shape index (κ1) is 34.5. The molecule has 8 aromatic rings. The van der Waals surface area contributed by atoms with Crippen LogP contribution in [-0.4, -0.2) is 19.8 Å². The zero-order chi connectivity index (χ0) is 36.8. The number of carboxylic acids is 1. The monoisotopic (exact) mass is 750 g/mol. The third-order valence-electron chi connectivity index (χ3n) is 9.26. The highest BCUT2D eigenvalue weighted by atomic mass is 32.1. The molecule has 9 heteroatoms. The highest BCUT2D eigenvalue weighted by Gasteiger charge is 2.30. The molecule has 6 nitrogen and oxygen atoms in total. The summed E-state index contributed by atoms with van der Waals surface area (Å²) in [7, 11) is 0. The summed E-state index contributed by atoms with van der Waals surface area (Å²) < 4.78 is 23.7. The Kier molecular flexibility index (Phi) is 9.16. The Hall–Kier alpha value is -5.61. The molecular weight excluding hydrogens is 717 g/mol. The third-order valence-corrected chi connectivity index (χ3v) is 12.1. The zero-order valence-electron chi connectivity index (χ0n) is 29.7. The van der Waals surface area contributed by atoms with Crippen LogP contribution in [0.25, 0.3) is 52.8 Å². The highest BCUT2D eigenvalue weighted by molar-refractivity contribution is 7.19. The van der Waals surface area contributed by atoms with Crippen LogP contribution >= 0.6 is 34.4 Å². The van der Waals surface area contributed by atoms with Gasteiger partial charge in [0.1, 0.15) is 22.5 Å². The van der Waals surface area contributed by atoms with E-state index in [2.05, 4.69) is 88.4 Å². The lowest BCUT2D eigenvalue weighted by Gasteiger charge is -2.20. The van der Waals surface area contributed by atoms with Gasteiger partial charge in [-0.2, -0.15) is 8.75 Å². The lowest BCUT2D eigenvalue weighted by Crippen LogP contribution is -2.01. The van der Waals surface area contributed by atoms with Crippen molar-refractivity contribution in [2.24, 2.45) is 0 Å². The van der Waals surface area contributed by atoms with Gasteiger partial charge in [0.15, 0.2) is 11.5 Å². The van der Waals surface area contributed by atoms with E-state index in [0.717, 1.165) is 47.9 Å². The molecular formula is C44H34N2O4S3. The average Bonchev–Trinajstić information content (AvgIpc) is 3.93. The first-order valence-corrected chi connectivity index (χ1v) is 19.4. The van der Waals surface area contributed by atoms with Crippen LogP contribution in [0.15, 0.2) is 109 Å². The van der Waals surface area contributed by atoms with Crippen LogP contribution in [0.4, 0.5) is 0 Å². The molecule has 0 bridgehead atoms. The van der Waals surface area contributed by atoms with Gasteiger partial charge in [-0.3, -0.25) is 0 Å². The van der Waals surface area contributed by atoms with E-state index in [4.69, 9.17) is 18.2 Å². The van der Waals surface area contributed by atoms with Crippen LogP contribution in [-0.2, 0) is 0 Å². The van der Waals surface area contributed by atoms with Gasteiger partial charge in [-0.1, -0.05) is 65.7 Å². The van der Waals surface area contributed by atoms with Crippen molar-refractivity contribution in [3.05, 3.63) is 143 Å². The van der Waals surface area contributed by atoms with Crippen LogP contribution in [0.2, 0.25) is 0 Å². The second kappa shape index (κ2) is 14.1. The number of aryl methyl sites for hydroxylation is 5. The van der Waals surface area contributed by atoms with Crippen molar-refractivity contribution in [2.45, 2.75) is 34.6 Å². The molecule has 0 amide bonds. The maximum absolute atomic E-state index is 11.9. The SMILES string of the molecule is Cc1ccc(C)c(-c2ccc(-c3c(Oc4ccccc4)c(Oc4ccc(C(=O)O)c(C)c4)c(-c4ccc(-c5cc(C)ccc5C)s4)c4nsnc34)s2)c1. The lowest BCUT2D eigenvalue weighted by atomic mass is 10.0. The number of carboxylic acid groups (broad SMARTS) is 1. The Morgan fingerprint density at radius 1 is 0.547 bits per heavy atom. The maximum Gasteiger partial charge on any atom is 0.335 e. The number of ether oxygens (including phenoxy) is 2. The minimum absolute atomic E-state index is 0.215. The van der Waals surface area contributed by atoms with Crippen LogP contribution in [0.3, 0.4) is 0 Å². The molecule has 0 unspecified atom stereocenters. The van der Waals surface area contributed by atoms with Crippen LogP contribution < -0.4 is 9.47 Å². The molecule has 0 saturated carbocycles. The van der Waals surface area contributed by atoms with Crippen LogP contribution in [0.5, 0.6) is 23.0 Å². The van der Waals surface area contributed by atoms with Crippen molar-refractivity contribution in [1.82, 2.24) is 8.75 Å². The van der Waals surface area contributed by atoms with Crippen molar-refractivity contribution in [2.75, 3.05) is 0 Å². The predicted octanol–water partition coefficient (Wildman–Crippen LogP) is 13.3. The maximum atomic E-state index is 11.9. The number of carbonyl (C=O) groups is 1. The predicted molar refractivity (Wildman–Crippen MR) is 219 cm³/mol. The summed E-state index contributed by atoms with van der Waals surface area (Å²) in [6, 6.07) is 36.2. The summed E-state index contributed by atoms with van der Waals surface area (Å²) in [4.78, 5) is 16.1. The number of para-hydroxylation sites is 1. The molecule has 0 fully saturated rings. The Morgan fingerprint density at radius 2 is 1.06 bits per heavy atom. The van der Waals surface area contributed by atoms with Crippen molar-refractivity contribution >= 4 is 51.4 Å². The van der Waals surface area contributed by atoms with Gasteiger partial charge in [-0.05, 0) is 117 Å². The van der Waals surface area contributed by atoms with Crippen molar-refractivity contribution < 1.29 is 19.4 Å². The summed E-state index contributed by atoms with van der Waals surface area (Å²) in [5, 5.41) is 9.78. The fraction of sp³-hybridized carbons (Fsp3) is 0.114. The van der Waals surface area contributed by atoms with Gasteiger partial charge in [0.25, 0.3) is 0 Å². The minimum atomic E-state index is -0.991. The topological polar surface area (TPSA) is 81.5 Å². The number of nitrogens with zero attached hydrogens (tertiary/aromatic N) is 2. The summed E-state index contributed by atoms with van der Waals surface area (Å²) in [6.45, 7) is 10.2. The number of hydrogen-bond donors (Lipinski definition) is 1. The van der Waals surface area contributed by atoms with E-state index < -0.39 is 5.97 Å². The molecule has 0 spiro atoms. The van der Waals surface area contributed by atoms with Gasteiger partial charge >= 0.3 is 5.97 Å². The number of hydrogen-bond acceptors (Lipinski definition) is 8. The van der Waals surface area contributed by atoms with Gasteiger partial charge in [-0.15, -0.1) is 22.7 Å². The fourth-order valence-electron chi connectivity index (χ4n) is 6.51. The van der Waals surface area contributed by atoms with Gasteiger partial charge in [0.05, 0.1) is 28.4 Å². The summed E-state index contributed by atoms with van der Waals surface area (Å²) in [5.41, 5.74) is 10.9. The minimum Gasteiger partial charge on any atom is -0.478 e. The number of aromatic carboxylic acids is 1. The summed E-state index contributed by atoms with van der Waals surface area (Å²) in [5.74, 6) is 1.10. The molecule has 3 heterocycles. The Balaban J connectivity index is 1.41. The number of aromatic nitrogens is 2.